The van der Waals surface area contributed by atoms with Crippen molar-refractivity contribution in [1.29, 1.82) is 0 Å². The maximum atomic E-state index is 13.0. The molecule has 2 aromatic carbocycles. The Kier molecular flexibility index (Phi) is 5.25. The molecule has 1 unspecified atom stereocenters. The third kappa shape index (κ3) is 3.78. The molecule has 2 aromatic heterocycles. The minimum atomic E-state index is -0.435. The van der Waals surface area contributed by atoms with Crippen molar-refractivity contribution in [1.82, 2.24) is 20.4 Å². The zero-order chi connectivity index (χ0) is 22.1. The van der Waals surface area contributed by atoms with Crippen molar-refractivity contribution in [2.24, 2.45) is 0 Å². The van der Waals surface area contributed by atoms with Crippen molar-refractivity contribution in [3.63, 3.8) is 0 Å². The van der Waals surface area contributed by atoms with Crippen molar-refractivity contribution in [3.8, 4) is 11.4 Å². The highest BCUT2D eigenvalue weighted by Crippen LogP contribution is 2.37. The lowest BCUT2D eigenvalue weighted by Crippen LogP contribution is -2.45. The minimum Gasteiger partial charge on any atom is -0.467 e. The van der Waals surface area contributed by atoms with E-state index in [1.807, 2.05) is 55.5 Å². The summed E-state index contributed by atoms with van der Waals surface area (Å²) in [6.07, 6.45) is 1.58. The number of urea groups is 1. The molecule has 0 spiro atoms. The van der Waals surface area contributed by atoms with Crippen LogP contribution in [0.2, 0.25) is 5.02 Å². The number of aromatic nitrogens is 2. The van der Waals surface area contributed by atoms with Crippen LogP contribution in [-0.2, 0) is 6.54 Å². The Hall–Kier alpha value is -3.84. The molecule has 0 bridgehead atoms. The first kappa shape index (κ1) is 20.1. The maximum absolute atomic E-state index is 13.0. The van der Waals surface area contributed by atoms with Gasteiger partial charge in [0, 0.05) is 16.3 Å². The second-order valence-corrected chi connectivity index (χ2v) is 7.82. The van der Waals surface area contributed by atoms with Gasteiger partial charge in [-0.1, -0.05) is 47.1 Å². The average Bonchev–Trinajstić information content (AvgIpc) is 3.50. The third-order valence-electron chi connectivity index (χ3n) is 5.38. The topological polar surface area (TPSA) is 84.4 Å². The fourth-order valence-electron chi connectivity index (χ4n) is 3.75. The number of carbonyl (C=O) groups excluding carboxylic acids is 1. The number of benzene rings is 2. The van der Waals surface area contributed by atoms with Crippen molar-refractivity contribution in [2.45, 2.75) is 19.5 Å². The van der Waals surface area contributed by atoms with Crippen LogP contribution in [0, 0.1) is 0 Å². The molecule has 1 aliphatic rings. The molecule has 7 nitrogen and oxygen atoms in total. The molecule has 0 saturated heterocycles. The van der Waals surface area contributed by atoms with Crippen molar-refractivity contribution >= 4 is 23.2 Å². The van der Waals surface area contributed by atoms with Crippen LogP contribution < -0.4 is 5.32 Å². The van der Waals surface area contributed by atoms with Crippen LogP contribution in [0.25, 0.3) is 17.0 Å². The minimum absolute atomic E-state index is 0.228. The summed E-state index contributed by atoms with van der Waals surface area (Å²) in [4.78, 5) is 19.3. The molecule has 32 heavy (non-hydrogen) atoms. The number of allylic oxidation sites excluding steroid dienone is 1. The Balaban J connectivity index is 1.59. The molecule has 1 N–H and O–H groups in total. The summed E-state index contributed by atoms with van der Waals surface area (Å²) in [6, 6.07) is 19.9. The Morgan fingerprint density at radius 1 is 1.06 bits per heavy atom. The first-order chi connectivity index (χ1) is 15.6. The summed E-state index contributed by atoms with van der Waals surface area (Å²) in [6.45, 7) is 2.16. The van der Waals surface area contributed by atoms with Crippen molar-refractivity contribution in [2.75, 3.05) is 0 Å². The van der Waals surface area contributed by atoms with E-state index in [1.165, 1.54) is 0 Å². The Morgan fingerprint density at radius 2 is 1.84 bits per heavy atom. The normalized spacial score (nSPS) is 16.4. The Bertz CT molecular complexity index is 1260. The average molecular weight is 447 g/mol. The van der Waals surface area contributed by atoms with Crippen LogP contribution in [0.4, 0.5) is 4.79 Å². The van der Waals surface area contributed by atoms with Gasteiger partial charge in [-0.15, -0.1) is 0 Å². The standard InChI is InChI=1S/C24H19ClN4O3/c1-15-20(23-27-22(28-32-23)17-9-11-18(25)12-10-17)21(16-6-3-2-4-7-16)26-24(30)29(15)14-19-8-5-13-31-19/h2-13,21H,14H2,1H3,(H,26,30). The van der Waals surface area contributed by atoms with Crippen LogP contribution in [0.1, 0.15) is 30.2 Å². The number of nitrogens with one attached hydrogen (secondary N) is 1. The number of furan rings is 1. The molecule has 1 atom stereocenters. The van der Waals surface area contributed by atoms with E-state index in [4.69, 9.17) is 20.5 Å². The van der Waals surface area contributed by atoms with E-state index < -0.39 is 6.04 Å². The lowest BCUT2D eigenvalue weighted by atomic mass is 9.94. The van der Waals surface area contributed by atoms with Crippen molar-refractivity contribution in [3.05, 3.63) is 101 Å². The maximum Gasteiger partial charge on any atom is 0.322 e. The number of halogens is 1. The van der Waals surface area contributed by atoms with E-state index in [1.54, 1.807) is 29.4 Å². The number of hydrogen-bond donors (Lipinski definition) is 1. The van der Waals surface area contributed by atoms with Crippen molar-refractivity contribution < 1.29 is 13.7 Å². The molecule has 3 heterocycles. The van der Waals surface area contributed by atoms with Crippen LogP contribution in [0.3, 0.4) is 0 Å². The van der Waals surface area contributed by atoms with Gasteiger partial charge in [0.2, 0.25) is 5.82 Å². The zero-order valence-electron chi connectivity index (χ0n) is 17.2. The quantitative estimate of drug-likeness (QED) is 0.426. The summed E-state index contributed by atoms with van der Waals surface area (Å²) < 4.78 is 11.1. The molecule has 8 heteroatoms. The van der Waals surface area contributed by atoms with Gasteiger partial charge in [-0.2, -0.15) is 4.98 Å². The second kappa shape index (κ2) is 8.36. The van der Waals surface area contributed by atoms with Crippen LogP contribution in [0.5, 0.6) is 0 Å². The van der Waals surface area contributed by atoms with E-state index in [-0.39, 0.29) is 12.6 Å². The molecular weight excluding hydrogens is 428 g/mol. The van der Waals surface area contributed by atoms with Gasteiger partial charge in [0.1, 0.15) is 5.76 Å². The molecule has 160 valence electrons. The summed E-state index contributed by atoms with van der Waals surface area (Å²) in [5, 5.41) is 7.86. The molecule has 2 amide bonds. The molecule has 0 fully saturated rings. The van der Waals surface area contributed by atoms with E-state index in [0.717, 1.165) is 16.7 Å². The molecule has 0 radical (unpaired) electrons. The lowest BCUT2D eigenvalue weighted by molar-refractivity contribution is 0.199. The van der Waals surface area contributed by atoms with E-state index in [0.29, 0.717) is 28.2 Å². The van der Waals surface area contributed by atoms with Gasteiger partial charge in [-0.3, -0.25) is 4.90 Å². The molecule has 5 rings (SSSR count). The van der Waals surface area contributed by atoms with Gasteiger partial charge in [-0.25, -0.2) is 4.79 Å². The third-order valence-corrected chi connectivity index (χ3v) is 5.63. The van der Waals surface area contributed by atoms with Gasteiger partial charge < -0.3 is 14.3 Å². The van der Waals surface area contributed by atoms with Gasteiger partial charge in [-0.05, 0) is 48.9 Å². The SMILES string of the molecule is CC1=C(c2nc(-c3ccc(Cl)cc3)no2)C(c2ccccc2)NC(=O)N1Cc1ccco1. The monoisotopic (exact) mass is 446 g/mol. The summed E-state index contributed by atoms with van der Waals surface area (Å²) in [5.74, 6) is 1.45. The molecule has 4 aromatic rings. The highest BCUT2D eigenvalue weighted by Gasteiger charge is 2.36. The van der Waals surface area contributed by atoms with E-state index in [2.05, 4.69) is 15.5 Å². The van der Waals surface area contributed by atoms with Crippen LogP contribution in [0.15, 0.2) is 87.6 Å². The van der Waals surface area contributed by atoms with Gasteiger partial charge in [0.05, 0.1) is 24.4 Å². The zero-order valence-corrected chi connectivity index (χ0v) is 17.9. The number of nitrogens with zero attached hydrogens (tertiary/aromatic N) is 3. The molecular formula is C24H19ClN4O3. The smallest absolute Gasteiger partial charge is 0.322 e. The second-order valence-electron chi connectivity index (χ2n) is 7.39. The lowest BCUT2D eigenvalue weighted by Gasteiger charge is -2.34. The number of amides is 2. The van der Waals surface area contributed by atoms with Gasteiger partial charge in [0.15, 0.2) is 0 Å². The summed E-state index contributed by atoms with van der Waals surface area (Å²) in [5.41, 5.74) is 3.14. The van der Waals surface area contributed by atoms with Gasteiger partial charge in [0.25, 0.3) is 5.89 Å². The fourth-order valence-corrected chi connectivity index (χ4v) is 3.88. The highest BCUT2D eigenvalue weighted by atomic mass is 35.5. The first-order valence-corrected chi connectivity index (χ1v) is 10.4. The summed E-state index contributed by atoms with van der Waals surface area (Å²) >= 11 is 6.00. The van der Waals surface area contributed by atoms with Crippen LogP contribution >= 0.6 is 11.6 Å². The highest BCUT2D eigenvalue weighted by molar-refractivity contribution is 6.30. The number of hydrogen-bond acceptors (Lipinski definition) is 5. The predicted octanol–water partition coefficient (Wildman–Crippen LogP) is 5.68. The van der Waals surface area contributed by atoms with Crippen LogP contribution in [-0.4, -0.2) is 21.1 Å². The predicted molar refractivity (Wildman–Crippen MR) is 119 cm³/mol. The molecule has 0 aliphatic carbocycles. The number of rotatable bonds is 5. The summed E-state index contributed by atoms with van der Waals surface area (Å²) in [7, 11) is 0. The fraction of sp³-hybridized carbons (Fsp3) is 0.125. The largest absolute Gasteiger partial charge is 0.467 e. The number of carbonyl (C=O) groups is 1. The molecule has 1 aliphatic heterocycles. The first-order valence-electron chi connectivity index (χ1n) is 10.1. The Morgan fingerprint density at radius 3 is 2.56 bits per heavy atom. The Labute approximate surface area is 189 Å². The van der Waals surface area contributed by atoms with E-state index in [9.17, 15) is 4.79 Å². The van der Waals surface area contributed by atoms with Gasteiger partial charge >= 0.3 is 6.03 Å². The van der Waals surface area contributed by atoms with E-state index >= 15 is 0 Å². The molecule has 0 saturated carbocycles.